The smallest absolute Gasteiger partial charge is 0.545 e. The van der Waals surface area contributed by atoms with Gasteiger partial charge < -0.3 is 30.0 Å². The number of aliphatic hydroxyl groups excluding tert-OH is 2. The van der Waals surface area contributed by atoms with Gasteiger partial charge in [-0.15, -0.1) is 0 Å². The van der Waals surface area contributed by atoms with Gasteiger partial charge in [0.15, 0.2) is 0 Å². The maximum absolute atomic E-state index is 9.24. The molecule has 0 aromatic carbocycles. The third-order valence-electron chi connectivity index (χ3n) is 0.421. The molecule has 0 amide bonds. The van der Waals surface area contributed by atoms with Crippen LogP contribution in [0.15, 0.2) is 24.7 Å². The molecule has 2 N–H and O–H groups in total. The van der Waals surface area contributed by atoms with Gasteiger partial charge in [-0.3, -0.25) is 0 Å². The first-order valence-corrected chi connectivity index (χ1v) is 2.58. The van der Waals surface area contributed by atoms with E-state index >= 15 is 0 Å². The quantitative estimate of drug-likeness (QED) is 0.315. The molecule has 0 aliphatic carbocycles. The molecule has 6 nitrogen and oxygen atoms in total. The molecule has 0 unspecified atom stereocenters. The van der Waals surface area contributed by atoms with E-state index in [1.165, 1.54) is 0 Å². The summed E-state index contributed by atoms with van der Waals surface area (Å²) < 4.78 is 0. The minimum atomic E-state index is -1.39. The first-order valence-electron chi connectivity index (χ1n) is 2.58. The number of aliphatic hydroxyl groups is 2. The van der Waals surface area contributed by atoms with Crippen LogP contribution in [0.25, 0.3) is 0 Å². The number of hydrogen-bond donors (Lipinski definition) is 2. The second-order valence-electron chi connectivity index (χ2n) is 1.27. The molecule has 0 spiro atoms. The topological polar surface area (TPSA) is 121 Å². The summed E-state index contributed by atoms with van der Waals surface area (Å²) in [4.78, 5) is 18.5. The van der Waals surface area contributed by atoms with Crippen molar-refractivity contribution in [3.8, 4) is 0 Å². The molecule has 0 radical (unpaired) electrons. The molecule has 0 saturated heterocycles. The minimum absolute atomic E-state index is 0. The van der Waals surface area contributed by atoms with Gasteiger partial charge in [-0.1, -0.05) is 0 Å². The molecule has 0 bridgehead atoms. The zero-order valence-electron chi connectivity index (χ0n) is 6.54. The van der Waals surface area contributed by atoms with Crippen molar-refractivity contribution < 1.29 is 49.5 Å². The summed E-state index contributed by atoms with van der Waals surface area (Å²) in [5.41, 5.74) is 0. The van der Waals surface area contributed by atoms with Gasteiger partial charge in [0, 0.05) is 0 Å². The van der Waals surface area contributed by atoms with Gasteiger partial charge in [-0.25, -0.2) is 0 Å². The first kappa shape index (κ1) is 17.7. The number of carbonyl (C=O) groups excluding carboxylic acids is 2. The number of carbonyl (C=O) groups is 2. The van der Waals surface area contributed by atoms with Crippen molar-refractivity contribution in [2.45, 2.75) is 0 Å². The summed E-state index contributed by atoms with van der Waals surface area (Å²) in [5.74, 6) is -2.78. The van der Waals surface area contributed by atoms with E-state index in [9.17, 15) is 19.8 Å². The SMILES string of the molecule is O=C([O-])C=CO.O=C([O-])C=CO.[Zn+2]. The monoisotopic (exact) mass is 238 g/mol. The number of carboxylic acid groups (broad SMARTS) is 2. The van der Waals surface area contributed by atoms with Gasteiger partial charge in [-0.05, 0) is 12.2 Å². The van der Waals surface area contributed by atoms with Crippen LogP contribution in [-0.4, -0.2) is 22.2 Å². The minimum Gasteiger partial charge on any atom is -0.545 e. The van der Waals surface area contributed by atoms with Crippen molar-refractivity contribution in [3.63, 3.8) is 0 Å². The Hall–Kier alpha value is -1.36. The van der Waals surface area contributed by atoms with E-state index in [1.54, 1.807) is 0 Å². The zero-order chi connectivity index (χ0) is 9.98. The van der Waals surface area contributed by atoms with E-state index < -0.39 is 11.9 Å². The second-order valence-corrected chi connectivity index (χ2v) is 1.27. The summed E-state index contributed by atoms with van der Waals surface area (Å²) in [6, 6.07) is 0. The summed E-state index contributed by atoms with van der Waals surface area (Å²) in [6.45, 7) is 0. The Morgan fingerprint density at radius 2 is 1.15 bits per heavy atom. The standard InChI is InChI=1S/2C3H4O3.Zn/c2*4-2-1-3(5)6;/h2*1-2,4H,(H,5,6);/q;;+2/p-2. The van der Waals surface area contributed by atoms with Crippen LogP contribution in [-0.2, 0) is 29.1 Å². The molecule has 0 heterocycles. The van der Waals surface area contributed by atoms with Crippen molar-refractivity contribution in [3.05, 3.63) is 24.7 Å². The van der Waals surface area contributed by atoms with Gasteiger partial charge in [0.2, 0.25) is 0 Å². The van der Waals surface area contributed by atoms with Crippen LogP contribution in [0.4, 0.5) is 0 Å². The molecule has 0 fully saturated rings. The summed E-state index contributed by atoms with van der Waals surface area (Å²) in [5, 5.41) is 33.8. The van der Waals surface area contributed by atoms with Crippen molar-refractivity contribution in [1.82, 2.24) is 0 Å². The Labute approximate surface area is 86.6 Å². The molecule has 0 aliphatic heterocycles. The van der Waals surface area contributed by atoms with Crippen LogP contribution in [0.2, 0.25) is 0 Å². The van der Waals surface area contributed by atoms with Gasteiger partial charge >= 0.3 is 19.5 Å². The summed E-state index contributed by atoms with van der Waals surface area (Å²) in [6.07, 6.45) is 1.88. The average Bonchev–Trinajstić information content (AvgIpc) is 1.87. The van der Waals surface area contributed by atoms with Crippen LogP contribution < -0.4 is 10.2 Å². The molecule has 0 aromatic heterocycles. The van der Waals surface area contributed by atoms with Crippen LogP contribution in [0.5, 0.6) is 0 Å². The maximum Gasteiger partial charge on any atom is 2.00 e. The van der Waals surface area contributed by atoms with Crippen molar-refractivity contribution in [1.29, 1.82) is 0 Å². The fourth-order valence-electron chi connectivity index (χ4n) is 0.122. The predicted octanol–water partition coefficient (Wildman–Crippen LogP) is -2.39. The van der Waals surface area contributed by atoms with Crippen LogP contribution in [0.1, 0.15) is 0 Å². The summed E-state index contributed by atoms with van der Waals surface area (Å²) in [7, 11) is 0. The van der Waals surface area contributed by atoms with E-state index in [2.05, 4.69) is 0 Å². The van der Waals surface area contributed by atoms with Crippen molar-refractivity contribution >= 4 is 11.9 Å². The number of hydrogen-bond acceptors (Lipinski definition) is 6. The number of aliphatic carboxylic acids is 2. The van der Waals surface area contributed by atoms with Gasteiger partial charge in [0.05, 0.1) is 24.5 Å². The van der Waals surface area contributed by atoms with Crippen molar-refractivity contribution in [2.24, 2.45) is 0 Å². The molecule has 0 aromatic rings. The fraction of sp³-hybridized carbons (Fsp3) is 0. The van der Waals surface area contributed by atoms with Gasteiger partial charge in [0.25, 0.3) is 0 Å². The molecule has 0 saturated carbocycles. The Morgan fingerprint density at radius 3 is 1.15 bits per heavy atom. The predicted molar refractivity (Wildman–Crippen MR) is 33.6 cm³/mol. The van der Waals surface area contributed by atoms with Gasteiger partial charge in [0.1, 0.15) is 0 Å². The molecule has 0 rings (SSSR count). The van der Waals surface area contributed by atoms with E-state index in [0.717, 1.165) is 0 Å². The molecular weight excluding hydrogens is 233 g/mol. The molecular formula is C6H6O6Zn. The molecule has 0 aliphatic rings. The van der Waals surface area contributed by atoms with E-state index in [1.807, 2.05) is 0 Å². The third-order valence-corrected chi connectivity index (χ3v) is 0.421. The largest absolute Gasteiger partial charge is 2.00 e. The van der Waals surface area contributed by atoms with E-state index in [4.69, 9.17) is 10.2 Å². The van der Waals surface area contributed by atoms with Crippen LogP contribution in [0.3, 0.4) is 0 Å². The van der Waals surface area contributed by atoms with E-state index in [-0.39, 0.29) is 19.5 Å². The molecule has 13 heavy (non-hydrogen) atoms. The Balaban J connectivity index is -0.000000143. The average molecular weight is 239 g/mol. The molecule has 0 atom stereocenters. The number of rotatable bonds is 2. The Morgan fingerprint density at radius 1 is 0.923 bits per heavy atom. The van der Waals surface area contributed by atoms with Crippen molar-refractivity contribution in [2.75, 3.05) is 0 Å². The first-order chi connectivity index (χ1) is 5.54. The van der Waals surface area contributed by atoms with Crippen LogP contribution >= 0.6 is 0 Å². The third kappa shape index (κ3) is 36.9. The fourth-order valence-corrected chi connectivity index (χ4v) is 0.122. The Kier molecular flexibility index (Phi) is 18.0. The summed E-state index contributed by atoms with van der Waals surface area (Å²) >= 11 is 0. The maximum atomic E-state index is 9.24. The molecule has 68 valence electrons. The number of carboxylic acids is 2. The van der Waals surface area contributed by atoms with E-state index in [0.29, 0.717) is 24.7 Å². The zero-order valence-corrected chi connectivity index (χ0v) is 9.51. The van der Waals surface area contributed by atoms with Gasteiger partial charge in [-0.2, -0.15) is 0 Å². The molecule has 7 heteroatoms. The Bertz CT molecular complexity index is 175. The second kappa shape index (κ2) is 13.2. The normalized spacial score (nSPS) is 8.62. The van der Waals surface area contributed by atoms with Crippen LogP contribution in [0, 0.1) is 0 Å².